The van der Waals surface area contributed by atoms with E-state index in [-0.39, 0.29) is 12.5 Å². The minimum atomic E-state index is -0.642. The molecule has 1 rings (SSSR count). The number of aliphatic hydroxyl groups is 1. The zero-order chi connectivity index (χ0) is 9.40. The molecule has 1 heterocycles. The summed E-state index contributed by atoms with van der Waals surface area (Å²) in [5.74, 6) is -0.734. The van der Waals surface area contributed by atoms with Gasteiger partial charge in [0, 0.05) is 6.61 Å². The van der Waals surface area contributed by atoms with Crippen molar-refractivity contribution < 1.29 is 15.0 Å². The van der Waals surface area contributed by atoms with Gasteiger partial charge in [-0.25, -0.2) is 0 Å². The molecule has 0 saturated carbocycles. The molecule has 0 amide bonds. The van der Waals surface area contributed by atoms with E-state index >= 15 is 0 Å². The first kappa shape index (κ1) is 11.4. The quantitative estimate of drug-likeness (QED) is 0.527. The lowest BCUT2D eigenvalue weighted by atomic mass is 9.99. The van der Waals surface area contributed by atoms with Crippen molar-refractivity contribution in [3.8, 4) is 0 Å². The van der Waals surface area contributed by atoms with Gasteiger partial charge in [-0.3, -0.25) is 4.79 Å². The van der Waals surface area contributed by atoms with E-state index in [0.717, 1.165) is 25.9 Å². The summed E-state index contributed by atoms with van der Waals surface area (Å²) in [7, 11) is 0. The van der Waals surface area contributed by atoms with Gasteiger partial charge in [-0.15, -0.1) is 0 Å². The standard InChI is InChI=1S/C6H11NO2.C2H6O/c8-6(9)5-1-3-7-4-2-5;1-2-3/h5,7H,1-4H2,(H,8,9);3H,2H2,1H3. The molecule has 3 N–H and O–H groups in total. The average molecular weight is 175 g/mol. The van der Waals surface area contributed by atoms with Gasteiger partial charge >= 0.3 is 5.97 Å². The number of carboxylic acids is 1. The van der Waals surface area contributed by atoms with Crippen molar-refractivity contribution in [1.29, 1.82) is 0 Å². The highest BCUT2D eigenvalue weighted by Crippen LogP contribution is 2.10. The molecule has 0 aliphatic carbocycles. The summed E-state index contributed by atoms with van der Waals surface area (Å²) in [6.07, 6.45) is 1.57. The van der Waals surface area contributed by atoms with Crippen molar-refractivity contribution >= 4 is 5.97 Å². The predicted molar refractivity (Wildman–Crippen MR) is 46.0 cm³/mol. The number of carbonyl (C=O) groups is 1. The van der Waals surface area contributed by atoms with Gasteiger partial charge in [0.25, 0.3) is 0 Å². The molecule has 1 fully saturated rings. The lowest BCUT2D eigenvalue weighted by Crippen LogP contribution is -2.31. The van der Waals surface area contributed by atoms with Crippen molar-refractivity contribution in [3.63, 3.8) is 0 Å². The summed E-state index contributed by atoms with van der Waals surface area (Å²) in [6, 6.07) is 0. The zero-order valence-electron chi connectivity index (χ0n) is 7.42. The average Bonchev–Trinajstić information content (AvgIpc) is 2.07. The summed E-state index contributed by atoms with van der Waals surface area (Å²) in [5.41, 5.74) is 0. The third kappa shape index (κ3) is 5.09. The van der Waals surface area contributed by atoms with Gasteiger partial charge in [0.05, 0.1) is 5.92 Å². The lowest BCUT2D eigenvalue weighted by molar-refractivity contribution is -0.142. The van der Waals surface area contributed by atoms with E-state index in [4.69, 9.17) is 10.2 Å². The molecule has 1 aliphatic heterocycles. The largest absolute Gasteiger partial charge is 0.481 e. The second-order valence-corrected chi connectivity index (χ2v) is 2.68. The van der Waals surface area contributed by atoms with E-state index in [2.05, 4.69) is 5.32 Å². The highest BCUT2D eigenvalue weighted by molar-refractivity contribution is 5.70. The molecule has 0 aromatic rings. The Kier molecular flexibility index (Phi) is 6.70. The molecule has 12 heavy (non-hydrogen) atoms. The fourth-order valence-electron chi connectivity index (χ4n) is 1.07. The van der Waals surface area contributed by atoms with Crippen LogP contribution >= 0.6 is 0 Å². The van der Waals surface area contributed by atoms with Crippen molar-refractivity contribution in [2.75, 3.05) is 19.7 Å². The van der Waals surface area contributed by atoms with Crippen LogP contribution in [0.3, 0.4) is 0 Å². The van der Waals surface area contributed by atoms with Crippen LogP contribution < -0.4 is 5.32 Å². The van der Waals surface area contributed by atoms with Crippen LogP contribution in [0.25, 0.3) is 0 Å². The van der Waals surface area contributed by atoms with Gasteiger partial charge in [-0.2, -0.15) is 0 Å². The Bertz CT molecular complexity index is 121. The number of rotatable bonds is 1. The number of hydrogen-bond acceptors (Lipinski definition) is 3. The fraction of sp³-hybridized carbons (Fsp3) is 0.875. The molecule has 4 heteroatoms. The summed E-state index contributed by atoms with van der Waals surface area (Å²) in [6.45, 7) is 3.65. The number of aliphatic hydroxyl groups excluding tert-OH is 1. The number of nitrogens with one attached hydrogen (secondary N) is 1. The van der Waals surface area contributed by atoms with E-state index < -0.39 is 5.97 Å². The molecule has 1 saturated heterocycles. The molecule has 0 aromatic heterocycles. The summed E-state index contributed by atoms with van der Waals surface area (Å²) in [4.78, 5) is 10.3. The minimum Gasteiger partial charge on any atom is -0.481 e. The minimum absolute atomic E-state index is 0.0914. The molecular weight excluding hydrogens is 158 g/mol. The Hall–Kier alpha value is -0.610. The molecule has 4 nitrogen and oxygen atoms in total. The van der Waals surface area contributed by atoms with Gasteiger partial charge in [0.1, 0.15) is 0 Å². The van der Waals surface area contributed by atoms with Crippen LogP contribution in [0, 0.1) is 5.92 Å². The van der Waals surface area contributed by atoms with Crippen LogP contribution in [0.1, 0.15) is 19.8 Å². The Morgan fingerprint density at radius 3 is 2.17 bits per heavy atom. The van der Waals surface area contributed by atoms with Gasteiger partial charge in [0.15, 0.2) is 0 Å². The Labute approximate surface area is 72.6 Å². The van der Waals surface area contributed by atoms with Crippen LogP contribution in [0.15, 0.2) is 0 Å². The van der Waals surface area contributed by atoms with Crippen LogP contribution in [-0.4, -0.2) is 35.9 Å². The monoisotopic (exact) mass is 175 g/mol. The zero-order valence-corrected chi connectivity index (χ0v) is 7.42. The topological polar surface area (TPSA) is 69.6 Å². The first-order chi connectivity index (χ1) is 5.72. The Balaban J connectivity index is 0.000000354. The first-order valence-corrected chi connectivity index (χ1v) is 4.26. The van der Waals surface area contributed by atoms with Crippen LogP contribution in [0.5, 0.6) is 0 Å². The maximum Gasteiger partial charge on any atom is 0.306 e. The van der Waals surface area contributed by atoms with Crippen molar-refractivity contribution in [2.45, 2.75) is 19.8 Å². The van der Waals surface area contributed by atoms with Crippen LogP contribution in [-0.2, 0) is 4.79 Å². The number of piperidine rings is 1. The molecule has 0 spiro atoms. The number of aliphatic carboxylic acids is 1. The van der Waals surface area contributed by atoms with E-state index in [0.29, 0.717) is 0 Å². The Morgan fingerprint density at radius 1 is 1.50 bits per heavy atom. The second-order valence-electron chi connectivity index (χ2n) is 2.68. The lowest BCUT2D eigenvalue weighted by Gasteiger charge is -2.17. The fourth-order valence-corrected chi connectivity index (χ4v) is 1.07. The SMILES string of the molecule is CCO.O=C(O)C1CCNCC1. The smallest absolute Gasteiger partial charge is 0.306 e. The van der Waals surface area contributed by atoms with E-state index in [1.54, 1.807) is 6.92 Å². The van der Waals surface area contributed by atoms with Gasteiger partial charge in [0.2, 0.25) is 0 Å². The highest BCUT2D eigenvalue weighted by Gasteiger charge is 2.18. The van der Waals surface area contributed by atoms with Crippen LogP contribution in [0.4, 0.5) is 0 Å². The molecule has 1 aliphatic rings. The molecule has 0 radical (unpaired) electrons. The van der Waals surface area contributed by atoms with Crippen molar-refractivity contribution in [3.05, 3.63) is 0 Å². The summed E-state index contributed by atoms with van der Waals surface area (Å²) in [5, 5.41) is 19.2. The molecular formula is C8H17NO3. The van der Waals surface area contributed by atoms with Gasteiger partial charge in [-0.05, 0) is 32.9 Å². The van der Waals surface area contributed by atoms with E-state index in [1.165, 1.54) is 0 Å². The van der Waals surface area contributed by atoms with Crippen LogP contribution in [0.2, 0.25) is 0 Å². The maximum absolute atomic E-state index is 10.3. The molecule has 72 valence electrons. The highest BCUT2D eigenvalue weighted by atomic mass is 16.4. The first-order valence-electron chi connectivity index (χ1n) is 4.26. The third-order valence-electron chi connectivity index (χ3n) is 1.69. The summed E-state index contributed by atoms with van der Waals surface area (Å²) >= 11 is 0. The molecule has 0 atom stereocenters. The second kappa shape index (κ2) is 7.06. The van der Waals surface area contributed by atoms with Crippen molar-refractivity contribution in [1.82, 2.24) is 5.32 Å². The van der Waals surface area contributed by atoms with Gasteiger partial charge < -0.3 is 15.5 Å². The predicted octanol–water partition coefficient (Wildman–Crippen LogP) is 0.0692. The number of carboxylic acid groups (broad SMARTS) is 1. The Morgan fingerprint density at radius 2 is 1.92 bits per heavy atom. The summed E-state index contributed by atoms with van der Waals surface area (Å²) < 4.78 is 0. The molecule has 0 unspecified atom stereocenters. The maximum atomic E-state index is 10.3. The van der Waals surface area contributed by atoms with E-state index in [9.17, 15) is 4.79 Å². The van der Waals surface area contributed by atoms with Gasteiger partial charge in [-0.1, -0.05) is 0 Å². The van der Waals surface area contributed by atoms with E-state index in [1.807, 2.05) is 0 Å². The molecule has 0 aromatic carbocycles. The molecule has 0 bridgehead atoms. The normalized spacial score (nSPS) is 17.8. The number of hydrogen-bond donors (Lipinski definition) is 3. The third-order valence-corrected chi connectivity index (χ3v) is 1.69. The van der Waals surface area contributed by atoms with Crippen molar-refractivity contribution in [2.24, 2.45) is 5.92 Å².